The lowest BCUT2D eigenvalue weighted by atomic mass is 10.2. The number of ether oxygens (including phenoxy) is 2. The average molecular weight is 397 g/mol. The number of methoxy groups -OCH3 is 1. The van der Waals surface area contributed by atoms with Crippen LogP contribution in [0.15, 0.2) is 40.6 Å². The second-order valence-electron chi connectivity index (χ2n) is 5.28. The number of esters is 2. The molecule has 26 heavy (non-hydrogen) atoms. The molecule has 0 aliphatic heterocycles. The van der Waals surface area contributed by atoms with Crippen molar-refractivity contribution >= 4 is 39.0 Å². The second-order valence-corrected chi connectivity index (χ2v) is 7.84. The topological polar surface area (TPSA) is 98.8 Å². The highest BCUT2D eigenvalue weighted by Crippen LogP contribution is 2.25. The predicted molar refractivity (Wildman–Crippen MR) is 98.1 cm³/mol. The number of anilines is 1. The summed E-state index contributed by atoms with van der Waals surface area (Å²) in [6.45, 7) is 2.34. The van der Waals surface area contributed by atoms with E-state index in [1.807, 2.05) is 6.92 Å². The first-order valence-corrected chi connectivity index (χ1v) is 10.2. The maximum Gasteiger partial charge on any atom is 0.349 e. The minimum atomic E-state index is -3.96. The van der Waals surface area contributed by atoms with E-state index in [0.717, 1.165) is 24.2 Å². The van der Waals surface area contributed by atoms with Crippen molar-refractivity contribution < 1.29 is 27.5 Å². The minimum Gasteiger partial charge on any atom is -0.465 e. The Hall–Kier alpha value is -2.39. The van der Waals surface area contributed by atoms with E-state index in [0.29, 0.717) is 12.2 Å². The summed E-state index contributed by atoms with van der Waals surface area (Å²) in [5, 5.41) is 1.50. The molecule has 1 aromatic heterocycles. The number of sulfonamides is 1. The SMILES string of the molecule is CCCCOC(=O)c1ccc(NS(=O)(=O)c2ccsc2C(=O)OC)cc1. The van der Waals surface area contributed by atoms with Crippen LogP contribution in [-0.4, -0.2) is 34.1 Å². The highest BCUT2D eigenvalue weighted by atomic mass is 32.2. The van der Waals surface area contributed by atoms with E-state index in [9.17, 15) is 18.0 Å². The minimum absolute atomic E-state index is 0.00359. The molecule has 1 heterocycles. The summed E-state index contributed by atoms with van der Waals surface area (Å²) in [6, 6.07) is 7.19. The van der Waals surface area contributed by atoms with Crippen molar-refractivity contribution in [3.05, 3.63) is 46.2 Å². The summed E-state index contributed by atoms with van der Waals surface area (Å²) in [7, 11) is -2.78. The van der Waals surface area contributed by atoms with Gasteiger partial charge in [-0.05, 0) is 42.1 Å². The number of nitrogens with one attached hydrogen (secondary N) is 1. The largest absolute Gasteiger partial charge is 0.465 e. The maximum atomic E-state index is 12.5. The Balaban J connectivity index is 2.12. The van der Waals surface area contributed by atoms with E-state index < -0.39 is 22.0 Å². The van der Waals surface area contributed by atoms with Gasteiger partial charge in [0.2, 0.25) is 0 Å². The number of unbranched alkanes of at least 4 members (excludes halogenated alkanes) is 1. The summed E-state index contributed by atoms with van der Waals surface area (Å²) in [6.07, 6.45) is 1.71. The van der Waals surface area contributed by atoms with Crippen molar-refractivity contribution in [2.24, 2.45) is 0 Å². The molecule has 140 valence electrons. The zero-order valence-electron chi connectivity index (χ0n) is 14.4. The molecule has 0 unspecified atom stereocenters. The molecule has 0 aliphatic rings. The fourth-order valence-electron chi connectivity index (χ4n) is 2.03. The van der Waals surface area contributed by atoms with Gasteiger partial charge in [0, 0.05) is 5.69 Å². The van der Waals surface area contributed by atoms with Crippen molar-refractivity contribution in [1.82, 2.24) is 0 Å². The van der Waals surface area contributed by atoms with Crippen LogP contribution in [0.1, 0.15) is 39.8 Å². The standard InChI is InChI=1S/C17H19NO6S2/c1-3-4-10-24-16(19)12-5-7-13(8-6-12)18-26(21,22)14-9-11-25-15(14)17(20)23-2/h5-9,11,18H,3-4,10H2,1-2H3. The molecular formula is C17H19NO6S2. The van der Waals surface area contributed by atoms with Gasteiger partial charge >= 0.3 is 11.9 Å². The highest BCUT2D eigenvalue weighted by Gasteiger charge is 2.24. The predicted octanol–water partition coefficient (Wildman–Crippen LogP) is 3.29. The van der Waals surface area contributed by atoms with E-state index >= 15 is 0 Å². The first kappa shape index (κ1) is 19.9. The normalized spacial score (nSPS) is 11.0. The van der Waals surface area contributed by atoms with Crippen LogP contribution >= 0.6 is 11.3 Å². The van der Waals surface area contributed by atoms with E-state index in [1.54, 1.807) is 0 Å². The molecule has 1 aromatic carbocycles. The molecule has 0 fully saturated rings. The smallest absolute Gasteiger partial charge is 0.349 e. The Bertz CT molecular complexity index is 871. The van der Waals surface area contributed by atoms with Crippen LogP contribution in [0.2, 0.25) is 0 Å². The van der Waals surface area contributed by atoms with Crippen LogP contribution < -0.4 is 4.72 Å². The van der Waals surface area contributed by atoms with Crippen molar-refractivity contribution in [3.63, 3.8) is 0 Å². The number of hydrogen-bond acceptors (Lipinski definition) is 7. The summed E-state index contributed by atoms with van der Waals surface area (Å²) in [5.74, 6) is -1.18. The summed E-state index contributed by atoms with van der Waals surface area (Å²) >= 11 is 0.981. The van der Waals surface area contributed by atoms with Crippen LogP contribution in [-0.2, 0) is 19.5 Å². The third-order valence-electron chi connectivity index (χ3n) is 3.39. The van der Waals surface area contributed by atoms with E-state index in [-0.39, 0.29) is 15.5 Å². The molecule has 0 amide bonds. The van der Waals surface area contributed by atoms with Crippen molar-refractivity contribution in [1.29, 1.82) is 0 Å². The quantitative estimate of drug-likeness (QED) is 0.542. The van der Waals surface area contributed by atoms with E-state index in [2.05, 4.69) is 9.46 Å². The van der Waals surface area contributed by atoms with Crippen molar-refractivity contribution in [2.45, 2.75) is 24.7 Å². The summed E-state index contributed by atoms with van der Waals surface area (Å²) in [4.78, 5) is 23.4. The first-order valence-electron chi connectivity index (χ1n) is 7.85. The molecule has 0 spiro atoms. The maximum absolute atomic E-state index is 12.5. The zero-order valence-corrected chi connectivity index (χ0v) is 16.0. The van der Waals surface area contributed by atoms with Gasteiger partial charge in [-0.15, -0.1) is 11.3 Å². The Labute approximate surface area is 156 Å². The van der Waals surface area contributed by atoms with Gasteiger partial charge in [-0.3, -0.25) is 4.72 Å². The molecule has 0 bridgehead atoms. The van der Waals surface area contributed by atoms with Gasteiger partial charge in [-0.25, -0.2) is 18.0 Å². The molecule has 0 atom stereocenters. The van der Waals surface area contributed by atoms with Crippen LogP contribution in [0.25, 0.3) is 0 Å². The fraction of sp³-hybridized carbons (Fsp3) is 0.294. The van der Waals surface area contributed by atoms with Gasteiger partial charge in [0.25, 0.3) is 10.0 Å². The number of carbonyl (C=O) groups excluding carboxylic acids is 2. The van der Waals surface area contributed by atoms with Crippen molar-refractivity contribution in [3.8, 4) is 0 Å². The molecule has 0 aliphatic carbocycles. The van der Waals surface area contributed by atoms with Gasteiger partial charge in [0.15, 0.2) is 0 Å². The number of thiophene rings is 1. The molecule has 7 nitrogen and oxygen atoms in total. The van der Waals surface area contributed by atoms with Gasteiger partial charge in [-0.2, -0.15) is 0 Å². The van der Waals surface area contributed by atoms with Crippen molar-refractivity contribution in [2.75, 3.05) is 18.4 Å². The molecule has 0 saturated heterocycles. The third-order valence-corrected chi connectivity index (χ3v) is 5.84. The molecule has 2 aromatic rings. The van der Waals surface area contributed by atoms with Gasteiger partial charge in [-0.1, -0.05) is 13.3 Å². The lowest BCUT2D eigenvalue weighted by molar-refractivity contribution is 0.0499. The lowest BCUT2D eigenvalue weighted by Gasteiger charge is -2.09. The fourth-order valence-corrected chi connectivity index (χ4v) is 4.42. The van der Waals surface area contributed by atoms with Gasteiger partial charge < -0.3 is 9.47 Å². The Morgan fingerprint density at radius 1 is 1.12 bits per heavy atom. The van der Waals surface area contributed by atoms with Crippen LogP contribution in [0, 0.1) is 0 Å². The highest BCUT2D eigenvalue weighted by molar-refractivity contribution is 7.93. The van der Waals surface area contributed by atoms with E-state index in [4.69, 9.17) is 4.74 Å². The average Bonchev–Trinajstić information content (AvgIpc) is 3.12. The monoisotopic (exact) mass is 397 g/mol. The number of rotatable bonds is 8. The summed E-state index contributed by atoms with van der Waals surface area (Å²) in [5.41, 5.74) is 0.590. The summed E-state index contributed by atoms with van der Waals surface area (Å²) < 4.78 is 37.0. The Morgan fingerprint density at radius 2 is 1.81 bits per heavy atom. The number of hydrogen-bond donors (Lipinski definition) is 1. The molecule has 1 N–H and O–H groups in total. The zero-order chi connectivity index (χ0) is 19.2. The molecule has 9 heteroatoms. The third kappa shape index (κ3) is 4.83. The molecule has 0 saturated carbocycles. The molecule has 2 rings (SSSR count). The molecule has 0 radical (unpaired) electrons. The number of carbonyl (C=O) groups is 2. The number of benzene rings is 1. The Kier molecular flexibility index (Phi) is 6.76. The first-order chi connectivity index (χ1) is 12.4. The van der Waals surface area contributed by atoms with Crippen LogP contribution in [0.4, 0.5) is 5.69 Å². The second kappa shape index (κ2) is 8.81. The van der Waals surface area contributed by atoms with E-state index in [1.165, 1.54) is 42.8 Å². The Morgan fingerprint density at radius 3 is 2.42 bits per heavy atom. The lowest BCUT2D eigenvalue weighted by Crippen LogP contribution is -2.16. The van der Waals surface area contributed by atoms with Crippen LogP contribution in [0.5, 0.6) is 0 Å². The van der Waals surface area contributed by atoms with Gasteiger partial charge in [0.1, 0.15) is 9.77 Å². The van der Waals surface area contributed by atoms with Crippen LogP contribution in [0.3, 0.4) is 0 Å². The van der Waals surface area contributed by atoms with Gasteiger partial charge in [0.05, 0.1) is 19.3 Å². The molecular weight excluding hydrogens is 378 g/mol.